The van der Waals surface area contributed by atoms with Crippen LogP contribution in [-0.4, -0.2) is 13.7 Å². The molecule has 2 heteroatoms. The minimum Gasteiger partial charge on any atom is -0.496 e. The summed E-state index contributed by atoms with van der Waals surface area (Å²) in [7, 11) is 1.80. The summed E-state index contributed by atoms with van der Waals surface area (Å²) in [6.45, 7) is 7.59. The van der Waals surface area contributed by atoms with Crippen LogP contribution in [0.4, 0.5) is 0 Å². The van der Waals surface area contributed by atoms with Crippen LogP contribution in [0.15, 0.2) is 12.1 Å². The molecular weight excluding hydrogens is 258 g/mol. The zero-order chi connectivity index (χ0) is 15.2. The van der Waals surface area contributed by atoms with E-state index in [1.54, 1.807) is 7.11 Å². The van der Waals surface area contributed by atoms with Crippen molar-refractivity contribution in [3.63, 3.8) is 0 Å². The van der Waals surface area contributed by atoms with E-state index in [0.29, 0.717) is 6.04 Å². The summed E-state index contributed by atoms with van der Waals surface area (Å²) < 4.78 is 5.72. The normalized spacial score (nSPS) is 18.3. The largest absolute Gasteiger partial charge is 0.496 e. The molecule has 0 aromatic heterocycles. The summed E-state index contributed by atoms with van der Waals surface area (Å²) in [4.78, 5) is 0. The minimum absolute atomic E-state index is 0.434. The molecular formula is C19H31NO. The molecule has 1 atom stereocenters. The highest BCUT2D eigenvalue weighted by molar-refractivity contribution is 5.45. The third-order valence-corrected chi connectivity index (χ3v) is 4.82. The van der Waals surface area contributed by atoms with E-state index in [1.165, 1.54) is 55.2 Å². The molecule has 1 N–H and O–H groups in total. The van der Waals surface area contributed by atoms with Crippen LogP contribution >= 0.6 is 0 Å². The zero-order valence-corrected chi connectivity index (χ0v) is 14.2. The summed E-state index contributed by atoms with van der Waals surface area (Å²) in [6.07, 6.45) is 8.24. The molecule has 0 radical (unpaired) electrons. The zero-order valence-electron chi connectivity index (χ0n) is 14.2. The van der Waals surface area contributed by atoms with E-state index in [4.69, 9.17) is 4.74 Å². The highest BCUT2D eigenvalue weighted by Crippen LogP contribution is 2.39. The Morgan fingerprint density at radius 1 is 1.14 bits per heavy atom. The van der Waals surface area contributed by atoms with Crippen molar-refractivity contribution in [3.8, 4) is 5.75 Å². The van der Waals surface area contributed by atoms with Crippen LogP contribution in [0, 0.1) is 19.8 Å². The Kier molecular flexibility index (Phi) is 6.10. The van der Waals surface area contributed by atoms with Crippen LogP contribution in [0.5, 0.6) is 5.75 Å². The lowest BCUT2D eigenvalue weighted by Gasteiger charge is -2.30. The van der Waals surface area contributed by atoms with Crippen molar-refractivity contribution in [3.05, 3.63) is 28.8 Å². The van der Waals surface area contributed by atoms with Gasteiger partial charge in [0.2, 0.25) is 0 Å². The number of ether oxygens (including phenoxy) is 1. The summed E-state index contributed by atoms with van der Waals surface area (Å²) in [5.41, 5.74) is 4.03. The van der Waals surface area contributed by atoms with Gasteiger partial charge >= 0.3 is 0 Å². The third kappa shape index (κ3) is 4.00. The lowest BCUT2D eigenvalue weighted by atomic mass is 9.84. The number of benzene rings is 1. The topological polar surface area (TPSA) is 21.3 Å². The molecule has 0 bridgehead atoms. The molecule has 2 rings (SSSR count). The SMILES string of the molecule is CCNC(c1c(C)cc(C)cc1OC)C1CCCCCC1. The molecule has 1 aromatic rings. The van der Waals surface area contributed by atoms with Gasteiger partial charge in [-0.25, -0.2) is 0 Å². The second kappa shape index (κ2) is 7.84. The van der Waals surface area contributed by atoms with E-state index >= 15 is 0 Å². The Hall–Kier alpha value is -1.02. The Morgan fingerprint density at radius 2 is 1.81 bits per heavy atom. The molecule has 1 unspecified atom stereocenters. The van der Waals surface area contributed by atoms with Crippen LogP contribution in [0.1, 0.15) is 68.2 Å². The second-order valence-corrected chi connectivity index (χ2v) is 6.48. The van der Waals surface area contributed by atoms with Crippen molar-refractivity contribution in [2.75, 3.05) is 13.7 Å². The van der Waals surface area contributed by atoms with Crippen molar-refractivity contribution in [2.45, 2.75) is 65.3 Å². The second-order valence-electron chi connectivity index (χ2n) is 6.48. The molecule has 21 heavy (non-hydrogen) atoms. The average molecular weight is 289 g/mol. The lowest BCUT2D eigenvalue weighted by molar-refractivity contribution is 0.315. The smallest absolute Gasteiger partial charge is 0.124 e. The minimum atomic E-state index is 0.434. The average Bonchev–Trinajstić information content (AvgIpc) is 2.73. The van der Waals surface area contributed by atoms with Gasteiger partial charge in [0.1, 0.15) is 5.75 Å². The van der Waals surface area contributed by atoms with Crippen LogP contribution in [-0.2, 0) is 0 Å². The Bertz CT molecular complexity index is 447. The van der Waals surface area contributed by atoms with Crippen molar-refractivity contribution in [1.82, 2.24) is 5.32 Å². The van der Waals surface area contributed by atoms with Crippen LogP contribution in [0.2, 0.25) is 0 Å². The highest BCUT2D eigenvalue weighted by Gasteiger charge is 2.27. The van der Waals surface area contributed by atoms with Gasteiger partial charge in [0.15, 0.2) is 0 Å². The molecule has 0 heterocycles. The Morgan fingerprint density at radius 3 is 2.38 bits per heavy atom. The number of nitrogens with one attached hydrogen (secondary N) is 1. The molecule has 118 valence electrons. The molecule has 0 saturated heterocycles. The van der Waals surface area contributed by atoms with E-state index in [9.17, 15) is 0 Å². The maximum atomic E-state index is 5.72. The van der Waals surface area contributed by atoms with Gasteiger partial charge in [-0.1, -0.05) is 38.7 Å². The molecule has 2 nitrogen and oxygen atoms in total. The van der Waals surface area contributed by atoms with Gasteiger partial charge in [-0.15, -0.1) is 0 Å². The first kappa shape index (κ1) is 16.4. The maximum Gasteiger partial charge on any atom is 0.124 e. The number of aryl methyl sites for hydroxylation is 2. The Labute approximate surface area is 130 Å². The third-order valence-electron chi connectivity index (χ3n) is 4.82. The van der Waals surface area contributed by atoms with E-state index in [-0.39, 0.29) is 0 Å². The molecule has 0 spiro atoms. The molecule has 1 fully saturated rings. The summed E-state index contributed by atoms with van der Waals surface area (Å²) in [5, 5.41) is 3.75. The van der Waals surface area contributed by atoms with Gasteiger partial charge in [0.05, 0.1) is 7.11 Å². The Balaban J connectivity index is 2.36. The quantitative estimate of drug-likeness (QED) is 0.776. The number of rotatable bonds is 5. The van der Waals surface area contributed by atoms with Crippen LogP contribution < -0.4 is 10.1 Å². The number of hydrogen-bond donors (Lipinski definition) is 1. The number of methoxy groups -OCH3 is 1. The van der Waals surface area contributed by atoms with E-state index in [0.717, 1.165) is 18.2 Å². The number of hydrogen-bond acceptors (Lipinski definition) is 2. The predicted molar refractivity (Wildman–Crippen MR) is 90.1 cm³/mol. The molecule has 1 aliphatic rings. The van der Waals surface area contributed by atoms with E-state index < -0.39 is 0 Å². The van der Waals surface area contributed by atoms with Crippen LogP contribution in [0.25, 0.3) is 0 Å². The van der Waals surface area contributed by atoms with Crippen molar-refractivity contribution >= 4 is 0 Å². The molecule has 0 aliphatic heterocycles. The summed E-state index contributed by atoms with van der Waals surface area (Å²) in [6, 6.07) is 4.91. The van der Waals surface area contributed by atoms with Crippen molar-refractivity contribution in [2.24, 2.45) is 5.92 Å². The molecule has 0 amide bonds. The van der Waals surface area contributed by atoms with Gasteiger partial charge in [0.25, 0.3) is 0 Å². The van der Waals surface area contributed by atoms with Gasteiger partial charge in [0, 0.05) is 11.6 Å². The lowest BCUT2D eigenvalue weighted by Crippen LogP contribution is -2.29. The van der Waals surface area contributed by atoms with E-state index in [1.807, 2.05) is 0 Å². The first-order chi connectivity index (χ1) is 10.2. The first-order valence-electron chi connectivity index (χ1n) is 8.55. The highest BCUT2D eigenvalue weighted by atomic mass is 16.5. The molecule has 1 saturated carbocycles. The standard InChI is InChI=1S/C19H31NO/c1-5-20-19(16-10-8-6-7-9-11-16)18-15(3)12-14(2)13-17(18)21-4/h12-13,16,19-20H,5-11H2,1-4H3. The van der Waals surface area contributed by atoms with Gasteiger partial charge in [-0.05, 0) is 56.3 Å². The molecule has 1 aliphatic carbocycles. The van der Waals surface area contributed by atoms with Gasteiger partial charge in [-0.3, -0.25) is 0 Å². The molecule has 1 aromatic carbocycles. The van der Waals surface area contributed by atoms with Gasteiger partial charge < -0.3 is 10.1 Å². The van der Waals surface area contributed by atoms with Gasteiger partial charge in [-0.2, -0.15) is 0 Å². The summed E-state index contributed by atoms with van der Waals surface area (Å²) >= 11 is 0. The fourth-order valence-corrected chi connectivity index (χ4v) is 3.88. The fraction of sp³-hybridized carbons (Fsp3) is 0.684. The van der Waals surface area contributed by atoms with Crippen molar-refractivity contribution in [1.29, 1.82) is 0 Å². The summed E-state index contributed by atoms with van der Waals surface area (Å²) in [5.74, 6) is 1.80. The monoisotopic (exact) mass is 289 g/mol. The van der Waals surface area contributed by atoms with E-state index in [2.05, 4.69) is 38.2 Å². The fourth-order valence-electron chi connectivity index (χ4n) is 3.88. The van der Waals surface area contributed by atoms with Crippen molar-refractivity contribution < 1.29 is 4.74 Å². The first-order valence-corrected chi connectivity index (χ1v) is 8.55. The predicted octanol–water partition coefficient (Wildman–Crippen LogP) is 4.93. The maximum absolute atomic E-state index is 5.72. The van der Waals surface area contributed by atoms with Crippen LogP contribution in [0.3, 0.4) is 0 Å².